The molecule has 2 N–H and O–H groups in total. The van der Waals surface area contributed by atoms with Gasteiger partial charge in [-0.1, -0.05) is 0 Å². The molecular weight excluding hydrogens is 185 g/mol. The van der Waals surface area contributed by atoms with Gasteiger partial charge in [0, 0.05) is 12.2 Å². The lowest BCUT2D eigenvalue weighted by Crippen LogP contribution is -2.01. The summed E-state index contributed by atoms with van der Waals surface area (Å²) in [7, 11) is 0. The average Bonchev–Trinajstić information content (AvgIpc) is 1.85. The monoisotopic (exact) mass is 193 g/mol. The Bertz CT molecular complexity index is 219. The predicted octanol–water partition coefficient (Wildman–Crippen LogP) is 1.32. The first-order valence-corrected chi connectivity index (χ1v) is 3.30. The Morgan fingerprint density at radius 1 is 1.55 bits per heavy atom. The summed E-state index contributed by atoms with van der Waals surface area (Å²) in [6, 6.07) is 1.81. The van der Waals surface area contributed by atoms with Crippen molar-refractivity contribution in [2.24, 2.45) is 5.73 Å². The van der Waals surface area contributed by atoms with Crippen LogP contribution in [0.15, 0.2) is 6.07 Å². The summed E-state index contributed by atoms with van der Waals surface area (Å²) in [5.74, 6) is 0. The first-order valence-electron chi connectivity index (χ1n) is 2.92. The Hall–Kier alpha value is -0.380. The van der Waals surface area contributed by atoms with Gasteiger partial charge < -0.3 is 5.73 Å². The minimum Gasteiger partial charge on any atom is -0.325 e. The van der Waals surface area contributed by atoms with E-state index in [-0.39, 0.29) is 17.7 Å². The molecule has 0 bridgehead atoms. The highest BCUT2D eigenvalue weighted by Gasteiger charge is 1.95. The SMILES string of the molecule is Cc1cc(CN)nc(Cl)n1.Cl. The van der Waals surface area contributed by atoms with Gasteiger partial charge in [0.15, 0.2) is 0 Å². The number of hydrogen-bond donors (Lipinski definition) is 1. The molecule has 0 aliphatic carbocycles. The fourth-order valence-electron chi connectivity index (χ4n) is 0.699. The highest BCUT2D eigenvalue weighted by atomic mass is 35.5. The van der Waals surface area contributed by atoms with E-state index in [1.807, 2.05) is 13.0 Å². The van der Waals surface area contributed by atoms with Crippen LogP contribution in [0.25, 0.3) is 0 Å². The van der Waals surface area contributed by atoms with E-state index in [2.05, 4.69) is 9.97 Å². The molecule has 0 atom stereocenters. The van der Waals surface area contributed by atoms with Crippen molar-refractivity contribution in [2.45, 2.75) is 13.5 Å². The van der Waals surface area contributed by atoms with E-state index < -0.39 is 0 Å². The molecule has 11 heavy (non-hydrogen) atoms. The van der Waals surface area contributed by atoms with Crippen LogP contribution in [0.4, 0.5) is 0 Å². The molecule has 5 heteroatoms. The maximum atomic E-state index is 5.55. The molecule has 0 fully saturated rings. The summed E-state index contributed by atoms with van der Waals surface area (Å²) in [6.07, 6.45) is 0. The Morgan fingerprint density at radius 3 is 2.64 bits per heavy atom. The van der Waals surface area contributed by atoms with E-state index in [1.54, 1.807) is 0 Å². The molecule has 0 amide bonds. The van der Waals surface area contributed by atoms with E-state index in [4.69, 9.17) is 17.3 Å². The van der Waals surface area contributed by atoms with Crippen LogP contribution in [0.2, 0.25) is 5.28 Å². The molecular formula is C6H9Cl2N3. The smallest absolute Gasteiger partial charge is 0.222 e. The number of nitrogens with two attached hydrogens (primary N) is 1. The standard InChI is InChI=1S/C6H8ClN3.ClH/c1-4-2-5(3-8)10-6(7)9-4;/h2H,3,8H2,1H3;1H. The van der Waals surface area contributed by atoms with Crippen LogP contribution in [0, 0.1) is 6.92 Å². The minimum absolute atomic E-state index is 0. The lowest BCUT2D eigenvalue weighted by molar-refractivity contribution is 0.947. The van der Waals surface area contributed by atoms with Crippen molar-refractivity contribution in [1.29, 1.82) is 0 Å². The first kappa shape index (κ1) is 10.6. The van der Waals surface area contributed by atoms with E-state index in [0.29, 0.717) is 6.54 Å². The van der Waals surface area contributed by atoms with Crippen LogP contribution in [0.1, 0.15) is 11.4 Å². The molecule has 0 spiro atoms. The van der Waals surface area contributed by atoms with Crippen molar-refractivity contribution in [2.75, 3.05) is 0 Å². The van der Waals surface area contributed by atoms with Gasteiger partial charge in [0.2, 0.25) is 5.28 Å². The molecule has 0 aromatic carbocycles. The Balaban J connectivity index is 0.000001000. The number of rotatable bonds is 1. The summed E-state index contributed by atoms with van der Waals surface area (Å²) < 4.78 is 0. The van der Waals surface area contributed by atoms with Crippen molar-refractivity contribution in [3.8, 4) is 0 Å². The summed E-state index contributed by atoms with van der Waals surface area (Å²) in [5, 5.41) is 0.264. The van der Waals surface area contributed by atoms with Gasteiger partial charge in [0.25, 0.3) is 0 Å². The predicted molar refractivity (Wildman–Crippen MR) is 46.9 cm³/mol. The Labute approximate surface area is 76.4 Å². The van der Waals surface area contributed by atoms with Crippen LogP contribution >= 0.6 is 24.0 Å². The molecule has 0 aliphatic rings. The molecule has 0 aliphatic heterocycles. The molecule has 1 aromatic heterocycles. The van der Waals surface area contributed by atoms with Gasteiger partial charge in [-0.25, -0.2) is 9.97 Å². The van der Waals surface area contributed by atoms with E-state index in [1.165, 1.54) is 0 Å². The topological polar surface area (TPSA) is 51.8 Å². The summed E-state index contributed by atoms with van der Waals surface area (Å²) in [6.45, 7) is 2.26. The van der Waals surface area contributed by atoms with E-state index in [9.17, 15) is 0 Å². The first-order chi connectivity index (χ1) is 4.72. The molecule has 0 unspecified atom stereocenters. The number of nitrogens with zero attached hydrogens (tertiary/aromatic N) is 2. The summed E-state index contributed by atoms with van der Waals surface area (Å²) >= 11 is 5.55. The third kappa shape index (κ3) is 3.01. The zero-order valence-corrected chi connectivity index (χ0v) is 7.61. The van der Waals surface area contributed by atoms with E-state index in [0.717, 1.165) is 11.4 Å². The Morgan fingerprint density at radius 2 is 2.18 bits per heavy atom. The van der Waals surface area contributed by atoms with Crippen LogP contribution in [0.5, 0.6) is 0 Å². The molecule has 1 heterocycles. The number of aryl methyl sites for hydroxylation is 1. The van der Waals surface area contributed by atoms with Crippen LogP contribution in [-0.4, -0.2) is 9.97 Å². The fraction of sp³-hybridized carbons (Fsp3) is 0.333. The number of hydrogen-bond acceptors (Lipinski definition) is 3. The zero-order chi connectivity index (χ0) is 7.56. The van der Waals surface area contributed by atoms with Crippen molar-refractivity contribution in [3.63, 3.8) is 0 Å². The highest BCUT2D eigenvalue weighted by molar-refractivity contribution is 6.28. The molecule has 0 saturated heterocycles. The largest absolute Gasteiger partial charge is 0.325 e. The van der Waals surface area contributed by atoms with Crippen LogP contribution in [0.3, 0.4) is 0 Å². The lowest BCUT2D eigenvalue weighted by Gasteiger charge is -1.96. The van der Waals surface area contributed by atoms with Gasteiger partial charge in [-0.05, 0) is 24.6 Å². The third-order valence-corrected chi connectivity index (χ3v) is 1.26. The van der Waals surface area contributed by atoms with Crippen molar-refractivity contribution in [3.05, 3.63) is 22.7 Å². The number of aromatic nitrogens is 2. The second-order valence-corrected chi connectivity index (χ2v) is 2.31. The second kappa shape index (κ2) is 4.49. The maximum absolute atomic E-state index is 5.55. The molecule has 62 valence electrons. The van der Waals surface area contributed by atoms with Crippen molar-refractivity contribution < 1.29 is 0 Å². The van der Waals surface area contributed by atoms with Gasteiger partial charge in [0.05, 0.1) is 5.69 Å². The Kier molecular flexibility index (Phi) is 4.33. The minimum atomic E-state index is 0. The summed E-state index contributed by atoms with van der Waals surface area (Å²) in [4.78, 5) is 7.76. The van der Waals surface area contributed by atoms with Gasteiger partial charge >= 0.3 is 0 Å². The van der Waals surface area contributed by atoms with Gasteiger partial charge in [-0.15, -0.1) is 12.4 Å². The molecule has 1 aromatic rings. The highest BCUT2D eigenvalue weighted by Crippen LogP contribution is 2.03. The molecule has 0 saturated carbocycles. The summed E-state index contributed by atoms with van der Waals surface area (Å²) in [5.41, 5.74) is 6.96. The van der Waals surface area contributed by atoms with Crippen LogP contribution < -0.4 is 5.73 Å². The van der Waals surface area contributed by atoms with Crippen molar-refractivity contribution >= 4 is 24.0 Å². The van der Waals surface area contributed by atoms with Crippen LogP contribution in [-0.2, 0) is 6.54 Å². The van der Waals surface area contributed by atoms with Crippen molar-refractivity contribution in [1.82, 2.24) is 9.97 Å². The molecule has 1 rings (SSSR count). The second-order valence-electron chi connectivity index (χ2n) is 1.97. The molecule has 0 radical (unpaired) electrons. The van der Waals surface area contributed by atoms with Gasteiger partial charge in [-0.3, -0.25) is 0 Å². The quantitative estimate of drug-likeness (QED) is 0.686. The zero-order valence-electron chi connectivity index (χ0n) is 6.04. The fourth-order valence-corrected chi connectivity index (χ4v) is 0.941. The van der Waals surface area contributed by atoms with E-state index >= 15 is 0 Å². The molecule has 3 nitrogen and oxygen atoms in total. The van der Waals surface area contributed by atoms with Gasteiger partial charge in [0.1, 0.15) is 0 Å². The maximum Gasteiger partial charge on any atom is 0.222 e. The third-order valence-electron chi connectivity index (χ3n) is 1.09. The lowest BCUT2D eigenvalue weighted by atomic mass is 10.3. The van der Waals surface area contributed by atoms with Gasteiger partial charge in [-0.2, -0.15) is 0 Å². The average molecular weight is 194 g/mol. The normalized spacial score (nSPS) is 9.00. The number of halogens is 2.